The van der Waals surface area contributed by atoms with Crippen LogP contribution in [0, 0.1) is 5.92 Å². The standard InChI is InChI=1S/C17H28N4O2/c1-2-3-4-5-6-7-15(22)18-17-19-16(23-20-17)14-12-13-8-10-21(14)11-9-13/h13-14H,2-12H2,1H3,(H,18,20,22). The van der Waals surface area contributed by atoms with Crippen molar-refractivity contribution in [3.63, 3.8) is 0 Å². The molecular weight excluding hydrogens is 292 g/mol. The van der Waals surface area contributed by atoms with Gasteiger partial charge in [0, 0.05) is 6.42 Å². The van der Waals surface area contributed by atoms with Gasteiger partial charge in [-0.2, -0.15) is 4.98 Å². The third kappa shape index (κ3) is 4.31. The Bertz CT molecular complexity index is 508. The minimum Gasteiger partial charge on any atom is -0.336 e. The van der Waals surface area contributed by atoms with E-state index in [1.807, 2.05) is 0 Å². The second-order valence-electron chi connectivity index (χ2n) is 6.90. The van der Waals surface area contributed by atoms with E-state index in [2.05, 4.69) is 27.3 Å². The molecule has 1 unspecified atom stereocenters. The lowest BCUT2D eigenvalue weighted by Gasteiger charge is -2.43. The van der Waals surface area contributed by atoms with Crippen LogP contribution in [0.1, 0.15) is 76.6 Å². The van der Waals surface area contributed by atoms with E-state index in [1.54, 1.807) is 0 Å². The molecule has 3 saturated heterocycles. The quantitative estimate of drug-likeness (QED) is 0.742. The molecule has 1 atom stereocenters. The number of amides is 1. The molecule has 2 bridgehead atoms. The zero-order chi connectivity index (χ0) is 16.1. The Balaban J connectivity index is 1.45. The highest BCUT2D eigenvalue weighted by Gasteiger charge is 2.37. The first-order valence-electron chi connectivity index (χ1n) is 9.13. The van der Waals surface area contributed by atoms with Gasteiger partial charge in [-0.25, -0.2) is 0 Å². The van der Waals surface area contributed by atoms with Gasteiger partial charge >= 0.3 is 0 Å². The molecule has 3 fully saturated rings. The van der Waals surface area contributed by atoms with Crippen molar-refractivity contribution in [1.29, 1.82) is 0 Å². The summed E-state index contributed by atoms with van der Waals surface area (Å²) in [5.74, 6) is 1.76. The smallest absolute Gasteiger partial charge is 0.270 e. The van der Waals surface area contributed by atoms with Crippen LogP contribution in [0.15, 0.2) is 4.52 Å². The molecule has 4 heterocycles. The highest BCUT2D eigenvalue weighted by molar-refractivity contribution is 5.88. The minimum absolute atomic E-state index is 0.0145. The number of aromatic nitrogens is 2. The molecule has 1 N–H and O–H groups in total. The highest BCUT2D eigenvalue weighted by Crippen LogP contribution is 2.39. The fraction of sp³-hybridized carbons (Fsp3) is 0.824. The number of rotatable bonds is 8. The minimum atomic E-state index is -0.0145. The van der Waals surface area contributed by atoms with Gasteiger partial charge in [-0.3, -0.25) is 15.0 Å². The van der Waals surface area contributed by atoms with E-state index < -0.39 is 0 Å². The summed E-state index contributed by atoms with van der Waals surface area (Å²) in [6, 6.07) is 0.245. The van der Waals surface area contributed by atoms with Crippen LogP contribution in [0.4, 0.5) is 5.95 Å². The third-order valence-corrected chi connectivity index (χ3v) is 5.13. The molecule has 6 heteroatoms. The zero-order valence-electron chi connectivity index (χ0n) is 14.1. The Morgan fingerprint density at radius 2 is 2.04 bits per heavy atom. The number of carbonyl (C=O) groups excluding carboxylic acids is 1. The molecule has 3 aliphatic rings. The van der Waals surface area contributed by atoms with E-state index in [-0.39, 0.29) is 11.9 Å². The SMILES string of the molecule is CCCCCCCC(=O)Nc1noc(C2CC3CCN2CC3)n1. The molecule has 23 heavy (non-hydrogen) atoms. The molecule has 128 valence electrons. The Hall–Kier alpha value is -1.43. The predicted octanol–water partition coefficient (Wildman–Crippen LogP) is 3.53. The van der Waals surface area contributed by atoms with Crippen LogP contribution in [-0.2, 0) is 4.79 Å². The van der Waals surface area contributed by atoms with E-state index in [9.17, 15) is 4.79 Å². The first-order valence-corrected chi connectivity index (χ1v) is 9.13. The molecular formula is C17H28N4O2. The van der Waals surface area contributed by atoms with Crippen LogP contribution in [0.25, 0.3) is 0 Å². The average Bonchev–Trinajstić information content (AvgIpc) is 3.04. The Labute approximate surface area is 138 Å². The largest absolute Gasteiger partial charge is 0.336 e. The molecule has 1 aromatic rings. The summed E-state index contributed by atoms with van der Waals surface area (Å²) in [4.78, 5) is 18.7. The van der Waals surface area contributed by atoms with Crippen LogP contribution in [0.5, 0.6) is 0 Å². The normalized spacial score (nSPS) is 26.4. The fourth-order valence-electron chi connectivity index (χ4n) is 3.72. The van der Waals surface area contributed by atoms with Crippen molar-refractivity contribution < 1.29 is 9.32 Å². The monoisotopic (exact) mass is 320 g/mol. The second kappa shape index (κ2) is 7.90. The third-order valence-electron chi connectivity index (χ3n) is 5.13. The molecule has 0 aromatic carbocycles. The van der Waals surface area contributed by atoms with Gasteiger partial charge in [0.15, 0.2) is 0 Å². The van der Waals surface area contributed by atoms with E-state index >= 15 is 0 Å². The van der Waals surface area contributed by atoms with Gasteiger partial charge in [-0.05, 0) is 49.8 Å². The molecule has 1 amide bonds. The maximum Gasteiger partial charge on any atom is 0.270 e. The Morgan fingerprint density at radius 3 is 2.74 bits per heavy atom. The summed E-state index contributed by atoms with van der Waals surface area (Å²) in [5, 5.41) is 6.69. The van der Waals surface area contributed by atoms with Crippen LogP contribution in [-0.4, -0.2) is 34.0 Å². The number of anilines is 1. The fourth-order valence-corrected chi connectivity index (χ4v) is 3.72. The lowest BCUT2D eigenvalue weighted by Crippen LogP contribution is -2.43. The molecule has 4 rings (SSSR count). The molecule has 1 aromatic heterocycles. The number of piperidine rings is 3. The van der Waals surface area contributed by atoms with Crippen molar-refractivity contribution in [3.05, 3.63) is 5.89 Å². The Kier molecular flexibility index (Phi) is 5.65. The van der Waals surface area contributed by atoms with Gasteiger partial charge < -0.3 is 4.52 Å². The second-order valence-corrected chi connectivity index (χ2v) is 6.90. The molecule has 0 radical (unpaired) electrons. The van der Waals surface area contributed by atoms with Gasteiger partial charge in [0.05, 0.1) is 6.04 Å². The summed E-state index contributed by atoms with van der Waals surface area (Å²) < 4.78 is 5.40. The number of fused-ring (bicyclic) bond motifs is 3. The average molecular weight is 320 g/mol. The molecule has 3 aliphatic heterocycles. The van der Waals surface area contributed by atoms with Gasteiger partial charge in [0.1, 0.15) is 0 Å². The maximum absolute atomic E-state index is 11.9. The van der Waals surface area contributed by atoms with E-state index in [0.29, 0.717) is 18.3 Å². The number of hydrogen-bond donors (Lipinski definition) is 1. The lowest BCUT2D eigenvalue weighted by atomic mass is 9.83. The number of unbranched alkanes of at least 4 members (excludes halogenated alkanes) is 4. The van der Waals surface area contributed by atoms with E-state index in [0.717, 1.165) is 38.3 Å². The number of carbonyl (C=O) groups is 1. The van der Waals surface area contributed by atoms with Gasteiger partial charge in [-0.15, -0.1) is 0 Å². The van der Waals surface area contributed by atoms with E-state index in [1.165, 1.54) is 32.1 Å². The van der Waals surface area contributed by atoms with Crippen molar-refractivity contribution in [2.45, 2.75) is 70.8 Å². The maximum atomic E-state index is 11.9. The van der Waals surface area contributed by atoms with Crippen LogP contribution >= 0.6 is 0 Å². The van der Waals surface area contributed by atoms with Gasteiger partial charge in [0.2, 0.25) is 11.8 Å². The van der Waals surface area contributed by atoms with Crippen LogP contribution in [0.3, 0.4) is 0 Å². The topological polar surface area (TPSA) is 71.3 Å². The summed E-state index contributed by atoms with van der Waals surface area (Å²) >= 11 is 0. The summed E-state index contributed by atoms with van der Waals surface area (Å²) in [5.41, 5.74) is 0. The zero-order valence-corrected chi connectivity index (χ0v) is 14.1. The summed E-state index contributed by atoms with van der Waals surface area (Å²) in [6.07, 6.45) is 9.91. The number of nitrogens with one attached hydrogen (secondary N) is 1. The van der Waals surface area contributed by atoms with Crippen LogP contribution < -0.4 is 5.32 Å². The van der Waals surface area contributed by atoms with Crippen molar-refractivity contribution >= 4 is 11.9 Å². The number of hydrogen-bond acceptors (Lipinski definition) is 5. The number of nitrogens with zero attached hydrogens (tertiary/aromatic N) is 3. The Morgan fingerprint density at radius 1 is 1.26 bits per heavy atom. The van der Waals surface area contributed by atoms with Crippen molar-refractivity contribution in [1.82, 2.24) is 15.0 Å². The van der Waals surface area contributed by atoms with Crippen molar-refractivity contribution in [3.8, 4) is 0 Å². The van der Waals surface area contributed by atoms with Crippen LogP contribution in [0.2, 0.25) is 0 Å². The summed E-state index contributed by atoms with van der Waals surface area (Å²) in [6.45, 7) is 4.43. The van der Waals surface area contributed by atoms with Crippen molar-refractivity contribution in [2.75, 3.05) is 18.4 Å². The first-order chi connectivity index (χ1) is 11.3. The lowest BCUT2D eigenvalue weighted by molar-refractivity contribution is -0.116. The molecule has 0 spiro atoms. The van der Waals surface area contributed by atoms with Gasteiger partial charge in [-0.1, -0.05) is 32.6 Å². The summed E-state index contributed by atoms with van der Waals surface area (Å²) in [7, 11) is 0. The molecule has 6 nitrogen and oxygen atoms in total. The first kappa shape index (κ1) is 16.4. The van der Waals surface area contributed by atoms with E-state index in [4.69, 9.17) is 4.52 Å². The highest BCUT2D eigenvalue weighted by atomic mass is 16.5. The molecule has 0 saturated carbocycles. The van der Waals surface area contributed by atoms with Crippen molar-refractivity contribution in [2.24, 2.45) is 5.92 Å². The predicted molar refractivity (Wildman–Crippen MR) is 88.0 cm³/mol. The molecule has 0 aliphatic carbocycles. The van der Waals surface area contributed by atoms with Gasteiger partial charge in [0.25, 0.3) is 5.95 Å².